The molecule has 0 saturated carbocycles. The van der Waals surface area contributed by atoms with E-state index in [0.29, 0.717) is 17.3 Å². The number of carbonyl (C=O) groups excluding carboxylic acids is 1. The summed E-state index contributed by atoms with van der Waals surface area (Å²) < 4.78 is 12.1. The fourth-order valence-electron chi connectivity index (χ4n) is 2.51. The molecule has 1 aliphatic heterocycles. The van der Waals surface area contributed by atoms with Gasteiger partial charge in [0.2, 0.25) is 0 Å². The van der Waals surface area contributed by atoms with Gasteiger partial charge in [0.1, 0.15) is 0 Å². The molecule has 1 aromatic carbocycles. The van der Waals surface area contributed by atoms with Crippen LogP contribution in [-0.2, 0) is 4.79 Å². The Morgan fingerprint density at radius 2 is 2.00 bits per heavy atom. The number of halogens is 1. The lowest BCUT2D eigenvalue weighted by Gasteiger charge is -2.20. The van der Waals surface area contributed by atoms with E-state index in [4.69, 9.17) is 9.47 Å². The van der Waals surface area contributed by atoms with Crippen molar-refractivity contribution in [3.8, 4) is 11.5 Å². The molecule has 1 amide bonds. The molecule has 1 saturated heterocycles. The van der Waals surface area contributed by atoms with Crippen LogP contribution in [0.5, 0.6) is 11.5 Å². The Labute approximate surface area is 173 Å². The summed E-state index contributed by atoms with van der Waals surface area (Å²) in [6, 6.07) is 4.09. The fraction of sp³-hybridized carbons (Fsp3) is 0.474. The maximum atomic E-state index is 12.9. The average molecular weight is 488 g/mol. The van der Waals surface area contributed by atoms with Gasteiger partial charge < -0.3 is 9.47 Å². The Hall–Kier alpha value is -1.22. The van der Waals surface area contributed by atoms with E-state index >= 15 is 0 Å². The van der Waals surface area contributed by atoms with E-state index in [1.807, 2.05) is 52.8 Å². The molecular weight excluding hydrogens is 463 g/mol. The zero-order valence-electron chi connectivity index (χ0n) is 16.0. The Balaban J connectivity index is 2.43. The molecule has 0 radical (unpaired) electrons. The standard InChI is InChI=1S/C19H25IN2O3S/c1-7-25-17-14(20)8-13(9-15(17)24-6)10-16-18(23)22(12(4)5)19(26-16)21-11(2)3/h8-12H,7H2,1-6H3/b16-10-,21-19?. The van der Waals surface area contributed by atoms with Gasteiger partial charge in [-0.3, -0.25) is 14.7 Å². The fourth-order valence-corrected chi connectivity index (χ4v) is 4.53. The minimum absolute atomic E-state index is 0.00717. The molecule has 7 heteroatoms. The number of hydrogen-bond donors (Lipinski definition) is 0. The number of nitrogens with zero attached hydrogens (tertiary/aromatic N) is 2. The van der Waals surface area contributed by atoms with Gasteiger partial charge in [0, 0.05) is 12.1 Å². The molecular formula is C19H25IN2O3S. The predicted molar refractivity (Wildman–Crippen MR) is 117 cm³/mol. The van der Waals surface area contributed by atoms with E-state index in [1.165, 1.54) is 11.8 Å². The third-order valence-electron chi connectivity index (χ3n) is 3.56. The van der Waals surface area contributed by atoms with Gasteiger partial charge in [0.25, 0.3) is 5.91 Å². The quantitative estimate of drug-likeness (QED) is 0.427. The van der Waals surface area contributed by atoms with Gasteiger partial charge in [0.05, 0.1) is 22.2 Å². The van der Waals surface area contributed by atoms with Crippen molar-refractivity contribution in [2.45, 2.75) is 46.7 Å². The van der Waals surface area contributed by atoms with Crippen molar-refractivity contribution in [3.63, 3.8) is 0 Å². The third-order valence-corrected chi connectivity index (χ3v) is 5.36. The highest BCUT2D eigenvalue weighted by Crippen LogP contribution is 2.38. The number of ether oxygens (including phenoxy) is 2. The normalized spacial score (nSPS) is 17.9. The smallest absolute Gasteiger partial charge is 0.266 e. The number of amides is 1. The van der Waals surface area contributed by atoms with Gasteiger partial charge in [-0.2, -0.15) is 0 Å². The lowest BCUT2D eigenvalue weighted by Crippen LogP contribution is -2.35. The van der Waals surface area contributed by atoms with Crippen LogP contribution >= 0.6 is 34.4 Å². The molecule has 1 aromatic rings. The number of rotatable bonds is 6. The van der Waals surface area contributed by atoms with Crippen LogP contribution in [-0.4, -0.2) is 41.8 Å². The molecule has 2 rings (SSSR count). The molecule has 5 nitrogen and oxygen atoms in total. The summed E-state index contributed by atoms with van der Waals surface area (Å²) in [4.78, 5) is 19.9. The van der Waals surface area contributed by atoms with Crippen LogP contribution in [0, 0.1) is 3.57 Å². The molecule has 0 spiro atoms. The topological polar surface area (TPSA) is 51.1 Å². The number of amidine groups is 1. The first-order valence-electron chi connectivity index (χ1n) is 8.59. The summed E-state index contributed by atoms with van der Waals surface area (Å²) in [5.74, 6) is 1.39. The summed E-state index contributed by atoms with van der Waals surface area (Å²) in [6.07, 6.45) is 1.89. The minimum atomic E-state index is -0.00717. The first-order valence-corrected chi connectivity index (χ1v) is 10.5. The second-order valence-corrected chi connectivity index (χ2v) is 8.52. The summed E-state index contributed by atoms with van der Waals surface area (Å²) in [7, 11) is 1.62. The molecule has 1 fully saturated rings. The predicted octanol–water partition coefficient (Wildman–Crippen LogP) is 4.79. The van der Waals surface area contributed by atoms with Crippen molar-refractivity contribution >= 4 is 51.5 Å². The van der Waals surface area contributed by atoms with E-state index in [2.05, 4.69) is 27.6 Å². The number of benzene rings is 1. The Morgan fingerprint density at radius 1 is 1.31 bits per heavy atom. The first-order chi connectivity index (χ1) is 12.3. The molecule has 1 aliphatic rings. The van der Waals surface area contributed by atoms with Crippen molar-refractivity contribution < 1.29 is 14.3 Å². The van der Waals surface area contributed by atoms with Crippen LogP contribution in [0.3, 0.4) is 0 Å². The van der Waals surface area contributed by atoms with Gasteiger partial charge in [0.15, 0.2) is 16.7 Å². The average Bonchev–Trinajstić information content (AvgIpc) is 2.84. The van der Waals surface area contributed by atoms with Gasteiger partial charge in [-0.1, -0.05) is 0 Å². The summed E-state index contributed by atoms with van der Waals surface area (Å²) in [6.45, 7) is 10.5. The molecule has 1 heterocycles. The number of methoxy groups -OCH3 is 1. The Morgan fingerprint density at radius 3 is 2.54 bits per heavy atom. The van der Waals surface area contributed by atoms with Crippen molar-refractivity contribution in [2.24, 2.45) is 4.99 Å². The van der Waals surface area contributed by atoms with Gasteiger partial charge in [-0.25, -0.2) is 0 Å². The molecule has 0 atom stereocenters. The number of carbonyl (C=O) groups is 1. The van der Waals surface area contributed by atoms with E-state index in [0.717, 1.165) is 20.1 Å². The van der Waals surface area contributed by atoms with Crippen LogP contribution in [0.25, 0.3) is 6.08 Å². The highest BCUT2D eigenvalue weighted by atomic mass is 127. The van der Waals surface area contributed by atoms with Crippen LogP contribution in [0.4, 0.5) is 0 Å². The SMILES string of the molecule is CCOc1c(I)cc(/C=C2\SC(=NC(C)C)N(C(C)C)C2=O)cc1OC. The molecule has 0 aromatic heterocycles. The van der Waals surface area contributed by atoms with Gasteiger partial charge in [-0.15, -0.1) is 0 Å². The molecule has 142 valence electrons. The molecule has 0 unspecified atom stereocenters. The van der Waals surface area contributed by atoms with Crippen molar-refractivity contribution in [3.05, 3.63) is 26.2 Å². The minimum Gasteiger partial charge on any atom is -0.493 e. The summed E-state index contributed by atoms with van der Waals surface area (Å²) in [5.41, 5.74) is 0.903. The lowest BCUT2D eigenvalue weighted by atomic mass is 10.1. The van der Waals surface area contributed by atoms with E-state index in [9.17, 15) is 4.79 Å². The van der Waals surface area contributed by atoms with Crippen LogP contribution in [0.15, 0.2) is 22.0 Å². The summed E-state index contributed by atoms with van der Waals surface area (Å²) >= 11 is 3.65. The van der Waals surface area contributed by atoms with E-state index < -0.39 is 0 Å². The highest BCUT2D eigenvalue weighted by molar-refractivity contribution is 14.1. The second kappa shape index (κ2) is 9.12. The second-order valence-electron chi connectivity index (χ2n) is 6.35. The molecule has 26 heavy (non-hydrogen) atoms. The largest absolute Gasteiger partial charge is 0.493 e. The maximum absolute atomic E-state index is 12.9. The highest BCUT2D eigenvalue weighted by Gasteiger charge is 2.35. The number of thioether (sulfide) groups is 1. The van der Waals surface area contributed by atoms with Crippen LogP contribution < -0.4 is 9.47 Å². The monoisotopic (exact) mass is 488 g/mol. The van der Waals surface area contributed by atoms with Crippen molar-refractivity contribution in [1.29, 1.82) is 0 Å². The van der Waals surface area contributed by atoms with E-state index in [-0.39, 0.29) is 18.0 Å². The maximum Gasteiger partial charge on any atom is 0.266 e. The lowest BCUT2D eigenvalue weighted by molar-refractivity contribution is -0.123. The van der Waals surface area contributed by atoms with Crippen LogP contribution in [0.2, 0.25) is 0 Å². The van der Waals surface area contributed by atoms with Crippen molar-refractivity contribution in [1.82, 2.24) is 4.90 Å². The Bertz CT molecular complexity index is 745. The first kappa shape index (κ1) is 21.1. The third kappa shape index (κ3) is 4.73. The molecule has 0 bridgehead atoms. The molecule has 0 aliphatic carbocycles. The Kier molecular flexibility index (Phi) is 7.40. The van der Waals surface area contributed by atoms with Gasteiger partial charge in [-0.05, 0) is 92.7 Å². The molecule has 0 N–H and O–H groups in total. The summed E-state index contributed by atoms with van der Waals surface area (Å²) in [5, 5.41) is 0.763. The van der Waals surface area contributed by atoms with Crippen LogP contribution in [0.1, 0.15) is 40.2 Å². The zero-order valence-corrected chi connectivity index (χ0v) is 19.0. The van der Waals surface area contributed by atoms with E-state index in [1.54, 1.807) is 12.0 Å². The van der Waals surface area contributed by atoms with Gasteiger partial charge >= 0.3 is 0 Å². The number of hydrogen-bond acceptors (Lipinski definition) is 5. The van der Waals surface area contributed by atoms with Crippen molar-refractivity contribution in [2.75, 3.05) is 13.7 Å². The number of aliphatic imine (C=N–C) groups is 1. The zero-order chi connectivity index (χ0) is 19.4.